The third-order valence-electron chi connectivity index (χ3n) is 1.83. The molecular formula is C10H7BrN2S2. The van der Waals surface area contributed by atoms with Crippen LogP contribution < -0.4 is 0 Å². The molecule has 0 fully saturated rings. The molecule has 0 N–H and O–H groups in total. The van der Waals surface area contributed by atoms with E-state index in [0.717, 1.165) is 20.9 Å². The summed E-state index contributed by atoms with van der Waals surface area (Å²) in [5.74, 6) is 0. The van der Waals surface area contributed by atoms with Crippen molar-refractivity contribution in [3.63, 3.8) is 0 Å². The standard InChI is InChI=1S/C10H7BrN2S2/c11-9-4-3-8(15-9)10-13-7(6-14-10)2-1-5-12/h3-4,6H,1-2H2. The molecule has 15 heavy (non-hydrogen) atoms. The summed E-state index contributed by atoms with van der Waals surface area (Å²) in [5.41, 5.74) is 1.01. The van der Waals surface area contributed by atoms with Crippen LogP contribution in [0.2, 0.25) is 0 Å². The zero-order valence-corrected chi connectivity index (χ0v) is 11.0. The molecule has 2 heterocycles. The molecule has 0 aliphatic heterocycles. The highest BCUT2D eigenvalue weighted by Crippen LogP contribution is 2.33. The van der Waals surface area contributed by atoms with Crippen LogP contribution in [0.15, 0.2) is 21.3 Å². The zero-order valence-electron chi connectivity index (χ0n) is 7.74. The average Bonchev–Trinajstić information content (AvgIpc) is 2.83. The molecule has 5 heteroatoms. The van der Waals surface area contributed by atoms with Crippen LogP contribution in [0.25, 0.3) is 9.88 Å². The average molecular weight is 299 g/mol. The van der Waals surface area contributed by atoms with Crippen molar-refractivity contribution in [2.75, 3.05) is 0 Å². The molecule has 0 unspecified atom stereocenters. The third-order valence-corrected chi connectivity index (χ3v) is 4.51. The second-order valence-electron chi connectivity index (χ2n) is 2.91. The van der Waals surface area contributed by atoms with Crippen LogP contribution in [0.5, 0.6) is 0 Å². The molecule has 0 atom stereocenters. The van der Waals surface area contributed by atoms with Gasteiger partial charge in [-0.1, -0.05) is 0 Å². The van der Waals surface area contributed by atoms with E-state index in [9.17, 15) is 0 Å². The molecule has 2 aromatic heterocycles. The van der Waals surface area contributed by atoms with E-state index in [1.165, 1.54) is 4.88 Å². The SMILES string of the molecule is N#CCCc1csc(-c2ccc(Br)s2)n1. The quantitative estimate of drug-likeness (QED) is 0.856. The van der Waals surface area contributed by atoms with E-state index in [1.807, 2.05) is 11.4 Å². The van der Waals surface area contributed by atoms with E-state index in [1.54, 1.807) is 22.7 Å². The molecule has 0 aliphatic carbocycles. The lowest BCUT2D eigenvalue weighted by Gasteiger charge is -1.88. The summed E-state index contributed by atoms with van der Waals surface area (Å²) in [6.07, 6.45) is 1.29. The maximum Gasteiger partial charge on any atom is 0.133 e. The Bertz CT molecular complexity index is 495. The van der Waals surface area contributed by atoms with Crippen molar-refractivity contribution >= 4 is 38.6 Å². The Labute approximate surface area is 104 Å². The van der Waals surface area contributed by atoms with Crippen molar-refractivity contribution in [3.05, 3.63) is 27.0 Å². The molecule has 0 saturated heterocycles. The summed E-state index contributed by atoms with van der Waals surface area (Å²) in [4.78, 5) is 5.66. The monoisotopic (exact) mass is 298 g/mol. The lowest BCUT2D eigenvalue weighted by atomic mass is 10.3. The van der Waals surface area contributed by atoms with Gasteiger partial charge in [-0.3, -0.25) is 0 Å². The van der Waals surface area contributed by atoms with Gasteiger partial charge in [-0.15, -0.1) is 22.7 Å². The fourth-order valence-corrected chi connectivity index (χ4v) is 3.46. The summed E-state index contributed by atoms with van der Waals surface area (Å²) in [5, 5.41) is 11.5. The molecule has 0 radical (unpaired) electrons. The van der Waals surface area contributed by atoms with Crippen molar-refractivity contribution in [1.29, 1.82) is 5.26 Å². The minimum Gasteiger partial charge on any atom is -0.240 e. The van der Waals surface area contributed by atoms with Gasteiger partial charge < -0.3 is 0 Å². The van der Waals surface area contributed by atoms with Gasteiger partial charge in [0.25, 0.3) is 0 Å². The minimum absolute atomic E-state index is 0.539. The van der Waals surface area contributed by atoms with E-state index in [0.29, 0.717) is 6.42 Å². The van der Waals surface area contributed by atoms with Gasteiger partial charge in [0, 0.05) is 18.2 Å². The molecule has 76 valence electrons. The number of rotatable bonds is 3. The molecule has 0 aromatic carbocycles. The number of aryl methyl sites for hydroxylation is 1. The fourth-order valence-electron chi connectivity index (χ4n) is 1.15. The Hall–Kier alpha value is -0.700. The minimum atomic E-state index is 0.539. The van der Waals surface area contributed by atoms with Gasteiger partial charge in [0.1, 0.15) is 5.01 Å². The number of nitriles is 1. The van der Waals surface area contributed by atoms with Gasteiger partial charge in [0.05, 0.1) is 20.4 Å². The normalized spacial score (nSPS) is 10.1. The van der Waals surface area contributed by atoms with Crippen LogP contribution in [0, 0.1) is 11.3 Å². The summed E-state index contributed by atoms with van der Waals surface area (Å²) >= 11 is 6.74. The van der Waals surface area contributed by atoms with Gasteiger partial charge in [-0.2, -0.15) is 5.26 Å². The van der Waals surface area contributed by atoms with Gasteiger partial charge in [0.2, 0.25) is 0 Å². The lowest BCUT2D eigenvalue weighted by molar-refractivity contribution is 0.969. The highest BCUT2D eigenvalue weighted by atomic mass is 79.9. The highest BCUT2D eigenvalue weighted by molar-refractivity contribution is 9.11. The first-order chi connectivity index (χ1) is 7.29. The van der Waals surface area contributed by atoms with Crippen LogP contribution in [0.4, 0.5) is 0 Å². The van der Waals surface area contributed by atoms with E-state index in [4.69, 9.17) is 5.26 Å². The Morgan fingerprint density at radius 1 is 1.47 bits per heavy atom. The van der Waals surface area contributed by atoms with Crippen molar-refractivity contribution in [2.24, 2.45) is 0 Å². The topological polar surface area (TPSA) is 36.7 Å². The molecule has 0 saturated carbocycles. The van der Waals surface area contributed by atoms with Gasteiger partial charge in [0.15, 0.2) is 0 Å². The van der Waals surface area contributed by atoms with Crippen molar-refractivity contribution in [1.82, 2.24) is 4.98 Å². The number of nitrogens with zero attached hydrogens (tertiary/aromatic N) is 2. The van der Waals surface area contributed by atoms with E-state index in [2.05, 4.69) is 33.0 Å². The number of thiophene rings is 1. The number of thiazole rings is 1. The Kier molecular flexibility index (Phi) is 3.52. The molecule has 0 amide bonds. The fraction of sp³-hybridized carbons (Fsp3) is 0.200. The molecule has 0 aliphatic rings. The molecule has 2 aromatic rings. The van der Waals surface area contributed by atoms with Crippen LogP contribution in [0.3, 0.4) is 0 Å². The van der Waals surface area contributed by atoms with E-state index >= 15 is 0 Å². The number of hydrogen-bond acceptors (Lipinski definition) is 4. The number of aromatic nitrogens is 1. The van der Waals surface area contributed by atoms with Crippen LogP contribution in [0.1, 0.15) is 12.1 Å². The zero-order chi connectivity index (χ0) is 10.7. The maximum atomic E-state index is 8.48. The third kappa shape index (κ3) is 2.65. The first-order valence-corrected chi connectivity index (χ1v) is 6.85. The largest absolute Gasteiger partial charge is 0.240 e. The summed E-state index contributed by atoms with van der Waals surface area (Å²) < 4.78 is 1.12. The van der Waals surface area contributed by atoms with Gasteiger partial charge in [-0.05, 0) is 28.1 Å². The molecule has 2 nitrogen and oxygen atoms in total. The van der Waals surface area contributed by atoms with Crippen molar-refractivity contribution in [2.45, 2.75) is 12.8 Å². The summed E-state index contributed by atoms with van der Waals surface area (Å²) in [6, 6.07) is 6.21. The number of halogens is 1. The maximum absolute atomic E-state index is 8.48. The smallest absolute Gasteiger partial charge is 0.133 e. The molecule has 0 spiro atoms. The Morgan fingerprint density at radius 3 is 3.00 bits per heavy atom. The molecule has 2 rings (SSSR count). The van der Waals surface area contributed by atoms with Crippen LogP contribution in [-0.2, 0) is 6.42 Å². The van der Waals surface area contributed by atoms with Crippen LogP contribution >= 0.6 is 38.6 Å². The van der Waals surface area contributed by atoms with Gasteiger partial charge >= 0.3 is 0 Å². The summed E-state index contributed by atoms with van der Waals surface area (Å²) in [7, 11) is 0. The van der Waals surface area contributed by atoms with E-state index in [-0.39, 0.29) is 0 Å². The first-order valence-electron chi connectivity index (χ1n) is 4.36. The Morgan fingerprint density at radius 2 is 2.33 bits per heavy atom. The van der Waals surface area contributed by atoms with E-state index < -0.39 is 0 Å². The molecular weight excluding hydrogens is 292 g/mol. The van der Waals surface area contributed by atoms with Gasteiger partial charge in [-0.25, -0.2) is 4.98 Å². The second-order valence-corrected chi connectivity index (χ2v) is 6.23. The van der Waals surface area contributed by atoms with Crippen molar-refractivity contribution < 1.29 is 0 Å². The first kappa shape index (κ1) is 10.8. The second kappa shape index (κ2) is 4.88. The number of hydrogen-bond donors (Lipinski definition) is 0. The summed E-state index contributed by atoms with van der Waals surface area (Å²) in [6.45, 7) is 0. The lowest BCUT2D eigenvalue weighted by Crippen LogP contribution is -1.82. The van der Waals surface area contributed by atoms with Crippen molar-refractivity contribution in [3.8, 4) is 16.0 Å². The predicted molar refractivity (Wildman–Crippen MR) is 67.1 cm³/mol. The highest BCUT2D eigenvalue weighted by Gasteiger charge is 2.06. The Balaban J connectivity index is 2.17. The predicted octanol–water partition coefficient (Wildman–Crippen LogP) is 4.09. The molecule has 0 bridgehead atoms. The van der Waals surface area contributed by atoms with Crippen LogP contribution in [-0.4, -0.2) is 4.98 Å².